The molecule has 5 heteroatoms. The SMILES string of the molecule is CCOC(=O)c1nocc1Cl. The van der Waals surface area contributed by atoms with Crippen molar-refractivity contribution in [2.45, 2.75) is 6.92 Å². The largest absolute Gasteiger partial charge is 0.461 e. The van der Waals surface area contributed by atoms with E-state index >= 15 is 0 Å². The van der Waals surface area contributed by atoms with Crippen LogP contribution >= 0.6 is 11.6 Å². The van der Waals surface area contributed by atoms with E-state index in [0.29, 0.717) is 6.61 Å². The average molecular weight is 176 g/mol. The third kappa shape index (κ3) is 1.71. The minimum absolute atomic E-state index is 0.0218. The number of halogens is 1. The predicted octanol–water partition coefficient (Wildman–Crippen LogP) is 1.50. The van der Waals surface area contributed by atoms with Gasteiger partial charge in [-0.15, -0.1) is 0 Å². The molecule has 0 unspecified atom stereocenters. The molecule has 0 aliphatic rings. The van der Waals surface area contributed by atoms with Crippen LogP contribution in [0.25, 0.3) is 0 Å². The molecule has 0 saturated carbocycles. The smallest absolute Gasteiger partial charge is 0.362 e. The third-order valence-corrected chi connectivity index (χ3v) is 1.26. The Kier molecular flexibility index (Phi) is 2.48. The van der Waals surface area contributed by atoms with Crippen LogP contribution in [0.3, 0.4) is 0 Å². The maximum absolute atomic E-state index is 10.9. The van der Waals surface area contributed by atoms with Crippen molar-refractivity contribution in [3.05, 3.63) is 17.0 Å². The molecule has 0 bridgehead atoms. The molecule has 60 valence electrons. The number of rotatable bonds is 2. The fourth-order valence-corrected chi connectivity index (χ4v) is 0.710. The number of hydrogen-bond acceptors (Lipinski definition) is 4. The zero-order chi connectivity index (χ0) is 8.27. The van der Waals surface area contributed by atoms with Crippen molar-refractivity contribution in [2.75, 3.05) is 6.61 Å². The fraction of sp³-hybridized carbons (Fsp3) is 0.333. The van der Waals surface area contributed by atoms with Crippen molar-refractivity contribution in [2.24, 2.45) is 0 Å². The van der Waals surface area contributed by atoms with Crippen LogP contribution in [0, 0.1) is 0 Å². The van der Waals surface area contributed by atoms with Gasteiger partial charge in [0.15, 0.2) is 0 Å². The van der Waals surface area contributed by atoms with E-state index in [1.54, 1.807) is 6.92 Å². The van der Waals surface area contributed by atoms with Gasteiger partial charge in [0.05, 0.1) is 6.61 Å². The normalized spacial score (nSPS) is 9.64. The van der Waals surface area contributed by atoms with Gasteiger partial charge in [0, 0.05) is 0 Å². The lowest BCUT2D eigenvalue weighted by molar-refractivity contribution is 0.0515. The van der Waals surface area contributed by atoms with E-state index in [0.717, 1.165) is 0 Å². The molecular weight excluding hydrogens is 170 g/mol. The van der Waals surface area contributed by atoms with Crippen molar-refractivity contribution in [1.82, 2.24) is 5.16 Å². The molecule has 0 fully saturated rings. The molecule has 0 aromatic carbocycles. The maximum atomic E-state index is 10.9. The van der Waals surface area contributed by atoms with Crippen molar-refractivity contribution in [3.8, 4) is 0 Å². The quantitative estimate of drug-likeness (QED) is 0.640. The van der Waals surface area contributed by atoms with Crippen LogP contribution in [0.2, 0.25) is 5.02 Å². The molecule has 0 amide bonds. The Labute approximate surface area is 68.1 Å². The first-order valence-corrected chi connectivity index (χ1v) is 3.40. The highest BCUT2D eigenvalue weighted by Crippen LogP contribution is 2.13. The number of hydrogen-bond donors (Lipinski definition) is 0. The van der Waals surface area contributed by atoms with Gasteiger partial charge in [0.2, 0.25) is 5.69 Å². The van der Waals surface area contributed by atoms with E-state index in [-0.39, 0.29) is 10.7 Å². The predicted molar refractivity (Wildman–Crippen MR) is 37.5 cm³/mol. The molecule has 1 heterocycles. The Morgan fingerprint density at radius 2 is 2.64 bits per heavy atom. The summed E-state index contributed by atoms with van der Waals surface area (Å²) >= 11 is 5.51. The van der Waals surface area contributed by atoms with Crippen LogP contribution in [0.15, 0.2) is 10.8 Å². The highest BCUT2D eigenvalue weighted by atomic mass is 35.5. The molecule has 0 radical (unpaired) electrons. The first-order valence-electron chi connectivity index (χ1n) is 3.02. The Bertz CT molecular complexity index is 258. The van der Waals surface area contributed by atoms with Gasteiger partial charge in [-0.3, -0.25) is 0 Å². The zero-order valence-electron chi connectivity index (χ0n) is 5.83. The highest BCUT2D eigenvalue weighted by Gasteiger charge is 2.15. The number of esters is 1. The van der Waals surface area contributed by atoms with Gasteiger partial charge in [-0.05, 0) is 6.92 Å². The Hall–Kier alpha value is -1.03. The van der Waals surface area contributed by atoms with Crippen molar-refractivity contribution >= 4 is 17.6 Å². The van der Waals surface area contributed by atoms with Crippen LogP contribution in [-0.4, -0.2) is 17.7 Å². The Morgan fingerprint density at radius 3 is 3.09 bits per heavy atom. The van der Waals surface area contributed by atoms with E-state index in [4.69, 9.17) is 11.6 Å². The monoisotopic (exact) mass is 175 g/mol. The second kappa shape index (κ2) is 3.39. The molecule has 0 aliphatic heterocycles. The molecule has 1 aromatic heterocycles. The zero-order valence-corrected chi connectivity index (χ0v) is 6.59. The van der Waals surface area contributed by atoms with Gasteiger partial charge in [-0.1, -0.05) is 16.8 Å². The number of carbonyl (C=O) groups excluding carboxylic acids is 1. The minimum Gasteiger partial charge on any atom is -0.461 e. The standard InChI is InChI=1S/C6H6ClNO3/c1-2-10-6(9)5-4(7)3-11-8-5/h3H,2H2,1H3. The van der Waals surface area contributed by atoms with Gasteiger partial charge in [-0.25, -0.2) is 4.79 Å². The third-order valence-electron chi connectivity index (χ3n) is 0.995. The second-order valence-corrected chi connectivity index (χ2v) is 2.14. The summed E-state index contributed by atoms with van der Waals surface area (Å²) in [4.78, 5) is 10.9. The van der Waals surface area contributed by atoms with E-state index in [2.05, 4.69) is 14.4 Å². The Balaban J connectivity index is 2.76. The molecule has 0 atom stereocenters. The van der Waals surface area contributed by atoms with Gasteiger partial charge in [0.25, 0.3) is 0 Å². The fourth-order valence-electron chi connectivity index (χ4n) is 0.559. The summed E-state index contributed by atoms with van der Waals surface area (Å²) in [6, 6.07) is 0. The molecule has 0 spiro atoms. The molecule has 0 aliphatic carbocycles. The topological polar surface area (TPSA) is 52.3 Å². The summed E-state index contributed by atoms with van der Waals surface area (Å²) < 4.78 is 9.05. The number of aromatic nitrogens is 1. The number of ether oxygens (including phenoxy) is 1. The van der Waals surface area contributed by atoms with Crippen molar-refractivity contribution in [3.63, 3.8) is 0 Å². The van der Waals surface area contributed by atoms with Crippen LogP contribution in [-0.2, 0) is 4.74 Å². The van der Waals surface area contributed by atoms with Crippen LogP contribution in [0.5, 0.6) is 0 Å². The summed E-state index contributed by atoms with van der Waals surface area (Å²) in [5, 5.41) is 3.52. The van der Waals surface area contributed by atoms with E-state index in [1.165, 1.54) is 6.26 Å². The lowest BCUT2D eigenvalue weighted by Crippen LogP contribution is -2.05. The van der Waals surface area contributed by atoms with E-state index < -0.39 is 5.97 Å². The summed E-state index contributed by atoms with van der Waals surface area (Å²) in [6.45, 7) is 1.99. The molecule has 1 aromatic rings. The maximum Gasteiger partial charge on any atom is 0.362 e. The lowest BCUT2D eigenvalue weighted by atomic mass is 10.4. The summed E-state index contributed by atoms with van der Waals surface area (Å²) in [5.41, 5.74) is 0.0218. The van der Waals surface area contributed by atoms with Gasteiger partial charge in [-0.2, -0.15) is 0 Å². The summed E-state index contributed by atoms with van der Waals surface area (Å²) in [6.07, 6.45) is 1.17. The summed E-state index contributed by atoms with van der Waals surface area (Å²) in [5.74, 6) is -0.564. The van der Waals surface area contributed by atoms with E-state index in [1.807, 2.05) is 0 Å². The van der Waals surface area contributed by atoms with Crippen LogP contribution in [0.1, 0.15) is 17.4 Å². The van der Waals surface area contributed by atoms with Gasteiger partial charge in [0.1, 0.15) is 11.3 Å². The van der Waals surface area contributed by atoms with Gasteiger partial charge < -0.3 is 9.26 Å². The van der Waals surface area contributed by atoms with Crippen molar-refractivity contribution in [1.29, 1.82) is 0 Å². The first-order chi connectivity index (χ1) is 5.25. The molecule has 4 nitrogen and oxygen atoms in total. The molecule has 0 N–H and O–H groups in total. The van der Waals surface area contributed by atoms with Crippen LogP contribution < -0.4 is 0 Å². The average Bonchev–Trinajstić information content (AvgIpc) is 2.36. The molecule has 0 saturated heterocycles. The molecular formula is C6H6ClNO3. The van der Waals surface area contributed by atoms with Crippen LogP contribution in [0.4, 0.5) is 0 Å². The molecule has 1 rings (SSSR count). The highest BCUT2D eigenvalue weighted by molar-refractivity contribution is 6.33. The first kappa shape index (κ1) is 8.07. The number of nitrogens with zero attached hydrogens (tertiary/aromatic N) is 1. The number of carbonyl (C=O) groups is 1. The van der Waals surface area contributed by atoms with E-state index in [9.17, 15) is 4.79 Å². The minimum atomic E-state index is -0.564. The second-order valence-electron chi connectivity index (χ2n) is 1.73. The van der Waals surface area contributed by atoms with Gasteiger partial charge >= 0.3 is 5.97 Å². The molecule has 11 heavy (non-hydrogen) atoms. The Morgan fingerprint density at radius 1 is 1.91 bits per heavy atom. The summed E-state index contributed by atoms with van der Waals surface area (Å²) in [7, 11) is 0. The van der Waals surface area contributed by atoms with Crippen molar-refractivity contribution < 1.29 is 14.1 Å². The lowest BCUT2D eigenvalue weighted by Gasteiger charge is -1.95.